The van der Waals surface area contributed by atoms with Crippen LogP contribution in [-0.4, -0.2) is 9.78 Å². The number of nitrogen functional groups attached to an aromatic ring is 1. The van der Waals surface area contributed by atoms with Crippen molar-refractivity contribution in [2.75, 3.05) is 11.1 Å². The van der Waals surface area contributed by atoms with E-state index in [1.807, 2.05) is 0 Å². The molecule has 0 unspecified atom stereocenters. The van der Waals surface area contributed by atoms with E-state index < -0.39 is 0 Å². The number of nitrogens with zero attached hydrogens (tertiary/aromatic N) is 2. The standard InChI is InChI=1S/C14H15ClN4O/c15-12-7-17-19(8-9-1-2-9)14(20)13(12)18-11-5-3-10(16)4-6-11/h3-7,9,18H,1-2,8,16H2. The molecule has 3 N–H and O–H groups in total. The fourth-order valence-corrected chi connectivity index (χ4v) is 2.14. The molecule has 1 saturated carbocycles. The highest BCUT2D eigenvalue weighted by molar-refractivity contribution is 6.33. The molecule has 2 aromatic rings. The minimum absolute atomic E-state index is 0.193. The minimum atomic E-state index is -0.193. The van der Waals surface area contributed by atoms with Crippen molar-refractivity contribution in [2.45, 2.75) is 19.4 Å². The minimum Gasteiger partial charge on any atom is -0.399 e. The van der Waals surface area contributed by atoms with E-state index in [0.29, 0.717) is 28.9 Å². The Balaban J connectivity index is 1.91. The number of hydrogen-bond donors (Lipinski definition) is 2. The molecule has 0 radical (unpaired) electrons. The van der Waals surface area contributed by atoms with Gasteiger partial charge in [0.15, 0.2) is 0 Å². The van der Waals surface area contributed by atoms with Crippen LogP contribution in [0, 0.1) is 5.92 Å². The van der Waals surface area contributed by atoms with Gasteiger partial charge in [-0.15, -0.1) is 0 Å². The third kappa shape index (κ3) is 2.77. The number of aromatic nitrogens is 2. The summed E-state index contributed by atoms with van der Waals surface area (Å²) in [6, 6.07) is 7.13. The zero-order valence-electron chi connectivity index (χ0n) is 10.8. The largest absolute Gasteiger partial charge is 0.399 e. The van der Waals surface area contributed by atoms with E-state index in [1.165, 1.54) is 10.9 Å². The predicted octanol–water partition coefficient (Wildman–Crippen LogP) is 2.63. The van der Waals surface area contributed by atoms with E-state index in [-0.39, 0.29) is 5.56 Å². The molecule has 0 amide bonds. The third-order valence-electron chi connectivity index (χ3n) is 3.31. The number of nitrogens with one attached hydrogen (secondary N) is 1. The lowest BCUT2D eigenvalue weighted by atomic mass is 10.3. The predicted molar refractivity (Wildman–Crippen MR) is 80.4 cm³/mol. The second-order valence-corrected chi connectivity index (χ2v) is 5.45. The van der Waals surface area contributed by atoms with Crippen LogP contribution in [0.25, 0.3) is 0 Å². The van der Waals surface area contributed by atoms with Gasteiger partial charge in [-0.05, 0) is 43.0 Å². The number of halogens is 1. The van der Waals surface area contributed by atoms with Gasteiger partial charge in [0.1, 0.15) is 5.69 Å². The number of anilines is 3. The maximum Gasteiger partial charge on any atom is 0.291 e. The van der Waals surface area contributed by atoms with Crippen molar-refractivity contribution in [2.24, 2.45) is 5.92 Å². The van der Waals surface area contributed by atoms with Crippen molar-refractivity contribution in [1.82, 2.24) is 9.78 Å². The first kappa shape index (κ1) is 13.0. The molecular weight excluding hydrogens is 276 g/mol. The maximum absolute atomic E-state index is 12.4. The van der Waals surface area contributed by atoms with Gasteiger partial charge >= 0.3 is 0 Å². The molecule has 0 atom stereocenters. The topological polar surface area (TPSA) is 72.9 Å². The van der Waals surface area contributed by atoms with Crippen LogP contribution in [0.5, 0.6) is 0 Å². The van der Waals surface area contributed by atoms with E-state index in [2.05, 4.69) is 10.4 Å². The van der Waals surface area contributed by atoms with Gasteiger partial charge in [-0.3, -0.25) is 4.79 Å². The summed E-state index contributed by atoms with van der Waals surface area (Å²) in [6.45, 7) is 0.659. The monoisotopic (exact) mass is 290 g/mol. The summed E-state index contributed by atoms with van der Waals surface area (Å²) in [5.74, 6) is 0.575. The molecule has 20 heavy (non-hydrogen) atoms. The van der Waals surface area contributed by atoms with E-state index in [1.54, 1.807) is 24.3 Å². The first-order chi connectivity index (χ1) is 9.63. The van der Waals surface area contributed by atoms with Gasteiger partial charge in [0.25, 0.3) is 5.56 Å². The molecule has 1 aliphatic rings. The molecule has 0 spiro atoms. The molecule has 3 rings (SSSR count). The van der Waals surface area contributed by atoms with Crippen molar-refractivity contribution in [3.8, 4) is 0 Å². The Bertz CT molecular complexity index is 677. The Morgan fingerprint density at radius 3 is 2.70 bits per heavy atom. The Morgan fingerprint density at radius 2 is 2.05 bits per heavy atom. The molecule has 0 saturated heterocycles. The lowest BCUT2D eigenvalue weighted by Gasteiger charge is -2.10. The summed E-state index contributed by atoms with van der Waals surface area (Å²) in [4.78, 5) is 12.4. The molecule has 0 bridgehead atoms. The molecule has 1 aromatic carbocycles. The molecule has 5 nitrogen and oxygen atoms in total. The Hall–Kier alpha value is -2.01. The number of rotatable bonds is 4. The zero-order chi connectivity index (χ0) is 14.1. The van der Waals surface area contributed by atoms with Gasteiger partial charge in [0.2, 0.25) is 0 Å². The fraction of sp³-hybridized carbons (Fsp3) is 0.286. The van der Waals surface area contributed by atoms with Crippen LogP contribution in [0.1, 0.15) is 12.8 Å². The average Bonchev–Trinajstić information content (AvgIpc) is 3.24. The van der Waals surface area contributed by atoms with Gasteiger partial charge < -0.3 is 11.1 Å². The smallest absolute Gasteiger partial charge is 0.291 e. The lowest BCUT2D eigenvalue weighted by Crippen LogP contribution is -2.25. The van der Waals surface area contributed by atoms with Gasteiger partial charge in [0.05, 0.1) is 11.2 Å². The number of benzene rings is 1. The van der Waals surface area contributed by atoms with E-state index >= 15 is 0 Å². The molecule has 0 aliphatic heterocycles. The van der Waals surface area contributed by atoms with Crippen LogP contribution in [0.4, 0.5) is 17.1 Å². The van der Waals surface area contributed by atoms with Crippen molar-refractivity contribution in [3.05, 3.63) is 45.8 Å². The summed E-state index contributed by atoms with van der Waals surface area (Å²) in [6.07, 6.45) is 3.83. The SMILES string of the molecule is Nc1ccc(Nc2c(Cl)cnn(CC3CC3)c2=O)cc1. The van der Waals surface area contributed by atoms with Crippen molar-refractivity contribution in [1.29, 1.82) is 0 Å². The second kappa shape index (κ2) is 5.17. The van der Waals surface area contributed by atoms with Crippen molar-refractivity contribution in [3.63, 3.8) is 0 Å². The zero-order valence-corrected chi connectivity index (χ0v) is 11.6. The van der Waals surface area contributed by atoms with Crippen molar-refractivity contribution >= 4 is 28.7 Å². The van der Waals surface area contributed by atoms with Crippen LogP contribution in [0.2, 0.25) is 5.02 Å². The summed E-state index contributed by atoms with van der Waals surface area (Å²) in [5.41, 5.74) is 7.23. The summed E-state index contributed by atoms with van der Waals surface area (Å²) in [5, 5.41) is 7.45. The highest BCUT2D eigenvalue weighted by Crippen LogP contribution is 2.30. The first-order valence-corrected chi connectivity index (χ1v) is 6.89. The van der Waals surface area contributed by atoms with Crippen LogP contribution < -0.4 is 16.6 Å². The summed E-state index contributed by atoms with van der Waals surface area (Å²) in [7, 11) is 0. The molecule has 1 fully saturated rings. The fourth-order valence-electron chi connectivity index (χ4n) is 1.97. The van der Waals surface area contributed by atoms with E-state index in [4.69, 9.17) is 17.3 Å². The molecule has 6 heteroatoms. The molecule has 1 aliphatic carbocycles. The summed E-state index contributed by atoms with van der Waals surface area (Å²) >= 11 is 6.07. The van der Waals surface area contributed by atoms with Gasteiger partial charge in [0, 0.05) is 17.9 Å². The normalized spacial score (nSPS) is 14.2. The highest BCUT2D eigenvalue weighted by Gasteiger charge is 2.23. The lowest BCUT2D eigenvalue weighted by molar-refractivity contribution is 0.535. The van der Waals surface area contributed by atoms with Gasteiger partial charge in [-0.2, -0.15) is 5.10 Å². The van der Waals surface area contributed by atoms with Crippen molar-refractivity contribution < 1.29 is 0 Å². The number of hydrogen-bond acceptors (Lipinski definition) is 4. The quantitative estimate of drug-likeness (QED) is 0.849. The van der Waals surface area contributed by atoms with Crippen LogP contribution >= 0.6 is 11.6 Å². The van der Waals surface area contributed by atoms with E-state index in [9.17, 15) is 4.79 Å². The molecular formula is C14H15ClN4O. The van der Waals surface area contributed by atoms with E-state index in [0.717, 1.165) is 18.5 Å². The van der Waals surface area contributed by atoms with Crippen LogP contribution in [0.3, 0.4) is 0 Å². The highest BCUT2D eigenvalue weighted by atomic mass is 35.5. The Kier molecular flexibility index (Phi) is 3.36. The van der Waals surface area contributed by atoms with Crippen LogP contribution in [-0.2, 0) is 6.54 Å². The molecule has 1 aromatic heterocycles. The number of nitrogens with two attached hydrogens (primary N) is 1. The molecule has 104 valence electrons. The Morgan fingerprint density at radius 1 is 1.35 bits per heavy atom. The molecule has 1 heterocycles. The average molecular weight is 291 g/mol. The second-order valence-electron chi connectivity index (χ2n) is 5.05. The summed E-state index contributed by atoms with van der Waals surface area (Å²) < 4.78 is 1.48. The third-order valence-corrected chi connectivity index (χ3v) is 3.59. The van der Waals surface area contributed by atoms with Crippen LogP contribution in [0.15, 0.2) is 35.3 Å². The van der Waals surface area contributed by atoms with Gasteiger partial charge in [-0.1, -0.05) is 11.6 Å². The first-order valence-electron chi connectivity index (χ1n) is 6.51. The maximum atomic E-state index is 12.4. The van der Waals surface area contributed by atoms with Gasteiger partial charge in [-0.25, -0.2) is 4.68 Å². The Labute approximate surface area is 121 Å².